The van der Waals surface area contributed by atoms with Crippen LogP contribution in [0.5, 0.6) is 5.75 Å². The first-order valence-electron chi connectivity index (χ1n) is 11.0. The lowest BCUT2D eigenvalue weighted by molar-refractivity contribution is -0.123. The van der Waals surface area contributed by atoms with Crippen molar-refractivity contribution in [3.8, 4) is 11.4 Å². The molecule has 0 radical (unpaired) electrons. The van der Waals surface area contributed by atoms with Gasteiger partial charge in [0.05, 0.1) is 11.4 Å². The highest BCUT2D eigenvalue weighted by Gasteiger charge is 2.21. The van der Waals surface area contributed by atoms with E-state index in [2.05, 4.69) is 16.6 Å². The Hall–Kier alpha value is -3.61. The average Bonchev–Trinajstić information content (AvgIpc) is 3.41. The van der Waals surface area contributed by atoms with Gasteiger partial charge < -0.3 is 15.0 Å². The molecule has 1 N–H and O–H groups in total. The fourth-order valence-electron chi connectivity index (χ4n) is 3.80. The maximum absolute atomic E-state index is 12.1. The van der Waals surface area contributed by atoms with E-state index in [9.17, 15) is 9.59 Å². The van der Waals surface area contributed by atoms with Gasteiger partial charge in [0.15, 0.2) is 6.61 Å². The number of carbonyl (C=O) groups is 2. The van der Waals surface area contributed by atoms with E-state index in [1.165, 1.54) is 5.56 Å². The maximum atomic E-state index is 12.1. The standard InChI is InChI=1S/C25H28N4O3/c1-19-20(17-29(27-19)22-8-3-2-4-9-22)7-5-15-26-24(30)18-32-23-13-11-21(12-14-23)28-16-6-10-25(28)31/h2-4,8-9,11-14,17H,5-7,10,15-16,18H2,1H3,(H,26,30). The van der Waals surface area contributed by atoms with Crippen molar-refractivity contribution in [2.75, 3.05) is 24.6 Å². The fraction of sp³-hybridized carbons (Fsp3) is 0.320. The fourth-order valence-corrected chi connectivity index (χ4v) is 3.80. The highest BCUT2D eigenvalue weighted by atomic mass is 16.5. The monoisotopic (exact) mass is 432 g/mol. The number of ether oxygens (including phenoxy) is 1. The van der Waals surface area contributed by atoms with Crippen molar-refractivity contribution in [2.45, 2.75) is 32.6 Å². The SMILES string of the molecule is Cc1nn(-c2ccccc2)cc1CCCNC(=O)COc1ccc(N2CCCC2=O)cc1. The minimum absolute atomic E-state index is 0.0348. The summed E-state index contributed by atoms with van der Waals surface area (Å²) >= 11 is 0. The van der Waals surface area contributed by atoms with E-state index >= 15 is 0 Å². The molecule has 0 saturated carbocycles. The number of amides is 2. The van der Waals surface area contributed by atoms with E-state index in [-0.39, 0.29) is 18.4 Å². The first-order valence-corrected chi connectivity index (χ1v) is 11.0. The van der Waals surface area contributed by atoms with Gasteiger partial charge in [-0.3, -0.25) is 9.59 Å². The van der Waals surface area contributed by atoms with Crippen molar-refractivity contribution >= 4 is 17.5 Å². The molecule has 0 bridgehead atoms. The van der Waals surface area contributed by atoms with Gasteiger partial charge in [-0.05, 0) is 68.1 Å². The second kappa shape index (κ2) is 10.1. The average molecular weight is 433 g/mol. The molecule has 2 amide bonds. The summed E-state index contributed by atoms with van der Waals surface area (Å²) in [6.45, 7) is 3.31. The van der Waals surface area contributed by atoms with Crippen LogP contribution >= 0.6 is 0 Å². The molecule has 1 fully saturated rings. The van der Waals surface area contributed by atoms with Gasteiger partial charge >= 0.3 is 0 Å². The summed E-state index contributed by atoms with van der Waals surface area (Å²) in [6, 6.07) is 17.3. The maximum Gasteiger partial charge on any atom is 0.257 e. The number of nitrogens with one attached hydrogen (secondary N) is 1. The largest absolute Gasteiger partial charge is 0.484 e. The third-order valence-corrected chi connectivity index (χ3v) is 5.56. The Kier molecular flexibility index (Phi) is 6.84. The van der Waals surface area contributed by atoms with Gasteiger partial charge in [0, 0.05) is 31.4 Å². The number of benzene rings is 2. The number of anilines is 1. The van der Waals surface area contributed by atoms with E-state index in [0.29, 0.717) is 18.7 Å². The molecule has 0 atom stereocenters. The van der Waals surface area contributed by atoms with Gasteiger partial charge in [-0.2, -0.15) is 5.10 Å². The topological polar surface area (TPSA) is 76.5 Å². The molecule has 1 aliphatic rings. The van der Waals surface area contributed by atoms with Gasteiger partial charge in [-0.15, -0.1) is 0 Å². The van der Waals surface area contributed by atoms with Crippen LogP contribution in [0, 0.1) is 6.92 Å². The number of hydrogen-bond donors (Lipinski definition) is 1. The number of aryl methyl sites for hydroxylation is 2. The van der Waals surface area contributed by atoms with Crippen LogP contribution in [0.25, 0.3) is 5.69 Å². The van der Waals surface area contributed by atoms with Crippen molar-refractivity contribution in [1.82, 2.24) is 15.1 Å². The van der Waals surface area contributed by atoms with E-state index in [0.717, 1.165) is 42.9 Å². The number of nitrogens with zero attached hydrogens (tertiary/aromatic N) is 3. The van der Waals surface area contributed by atoms with Gasteiger partial charge in [0.1, 0.15) is 5.75 Å². The second-order valence-electron chi connectivity index (χ2n) is 7.90. The molecule has 7 nitrogen and oxygen atoms in total. The van der Waals surface area contributed by atoms with Crippen LogP contribution in [0.4, 0.5) is 5.69 Å². The molecule has 1 aliphatic heterocycles. The van der Waals surface area contributed by atoms with Gasteiger partial charge in [-0.25, -0.2) is 4.68 Å². The summed E-state index contributed by atoms with van der Waals surface area (Å²) in [5, 5.41) is 7.48. The minimum atomic E-state index is -0.152. The van der Waals surface area contributed by atoms with Crippen molar-refractivity contribution < 1.29 is 14.3 Å². The molecule has 0 aliphatic carbocycles. The first-order chi connectivity index (χ1) is 15.6. The number of para-hydroxylation sites is 1. The summed E-state index contributed by atoms with van der Waals surface area (Å²) in [5.74, 6) is 0.612. The smallest absolute Gasteiger partial charge is 0.257 e. The van der Waals surface area contributed by atoms with Gasteiger partial charge in [0.25, 0.3) is 5.91 Å². The Morgan fingerprint density at radius 2 is 1.88 bits per heavy atom. The molecule has 2 heterocycles. The molecule has 1 saturated heterocycles. The van der Waals surface area contributed by atoms with Crippen molar-refractivity contribution in [2.24, 2.45) is 0 Å². The van der Waals surface area contributed by atoms with Crippen molar-refractivity contribution in [3.63, 3.8) is 0 Å². The number of aromatic nitrogens is 2. The molecule has 3 aromatic rings. The predicted molar refractivity (Wildman–Crippen MR) is 123 cm³/mol. The summed E-state index contributed by atoms with van der Waals surface area (Å²) in [5.41, 5.74) is 4.08. The number of rotatable bonds is 9. The van der Waals surface area contributed by atoms with Gasteiger partial charge in [0.2, 0.25) is 5.91 Å². The Balaban J connectivity index is 1.17. The Bertz CT molecular complexity index is 1060. The first kappa shape index (κ1) is 21.6. The summed E-state index contributed by atoms with van der Waals surface area (Å²) in [6.07, 6.45) is 5.22. The van der Waals surface area contributed by atoms with Crippen LogP contribution in [-0.4, -0.2) is 41.3 Å². The highest BCUT2D eigenvalue weighted by Crippen LogP contribution is 2.23. The predicted octanol–water partition coefficient (Wildman–Crippen LogP) is 3.44. The van der Waals surface area contributed by atoms with Crippen LogP contribution in [-0.2, 0) is 16.0 Å². The zero-order chi connectivity index (χ0) is 22.3. The van der Waals surface area contributed by atoms with Crippen LogP contribution in [0.3, 0.4) is 0 Å². The Morgan fingerprint density at radius 3 is 2.59 bits per heavy atom. The Morgan fingerprint density at radius 1 is 1.09 bits per heavy atom. The summed E-state index contributed by atoms with van der Waals surface area (Å²) < 4.78 is 7.46. The normalized spacial score (nSPS) is 13.4. The molecule has 1 aromatic heterocycles. The molecule has 4 rings (SSSR count). The molecule has 0 unspecified atom stereocenters. The molecule has 2 aromatic carbocycles. The minimum Gasteiger partial charge on any atom is -0.484 e. The summed E-state index contributed by atoms with van der Waals surface area (Å²) in [7, 11) is 0. The van der Waals surface area contributed by atoms with Crippen molar-refractivity contribution in [3.05, 3.63) is 72.1 Å². The third-order valence-electron chi connectivity index (χ3n) is 5.56. The molecule has 0 spiro atoms. The quantitative estimate of drug-likeness (QED) is 0.526. The molecule has 7 heteroatoms. The lowest BCUT2D eigenvalue weighted by Crippen LogP contribution is -2.30. The number of hydrogen-bond acceptors (Lipinski definition) is 4. The zero-order valence-electron chi connectivity index (χ0n) is 18.3. The van der Waals surface area contributed by atoms with Crippen LogP contribution in [0.1, 0.15) is 30.5 Å². The van der Waals surface area contributed by atoms with E-state index < -0.39 is 0 Å². The van der Waals surface area contributed by atoms with Crippen molar-refractivity contribution in [1.29, 1.82) is 0 Å². The van der Waals surface area contributed by atoms with E-state index in [4.69, 9.17) is 4.74 Å². The van der Waals surface area contributed by atoms with Gasteiger partial charge in [-0.1, -0.05) is 18.2 Å². The van der Waals surface area contributed by atoms with Crippen LogP contribution in [0.15, 0.2) is 60.8 Å². The molecule has 166 valence electrons. The second-order valence-corrected chi connectivity index (χ2v) is 7.90. The zero-order valence-corrected chi connectivity index (χ0v) is 18.3. The Labute approximate surface area is 188 Å². The third kappa shape index (κ3) is 5.35. The number of carbonyl (C=O) groups excluding carboxylic acids is 2. The molecule has 32 heavy (non-hydrogen) atoms. The van der Waals surface area contributed by atoms with Crippen LogP contribution < -0.4 is 15.0 Å². The van der Waals surface area contributed by atoms with Crippen LogP contribution in [0.2, 0.25) is 0 Å². The lowest BCUT2D eigenvalue weighted by atomic mass is 10.1. The summed E-state index contributed by atoms with van der Waals surface area (Å²) in [4.78, 5) is 25.7. The molecular formula is C25H28N4O3. The van der Waals surface area contributed by atoms with E-state index in [1.807, 2.05) is 54.1 Å². The van der Waals surface area contributed by atoms with E-state index in [1.54, 1.807) is 17.0 Å². The molecular weight excluding hydrogens is 404 g/mol. The highest BCUT2D eigenvalue weighted by molar-refractivity contribution is 5.95. The lowest BCUT2D eigenvalue weighted by Gasteiger charge is -2.16.